The molecule has 0 unspecified atom stereocenters. The van der Waals surface area contributed by atoms with E-state index < -0.39 is 5.91 Å². The van der Waals surface area contributed by atoms with Crippen molar-refractivity contribution in [1.82, 2.24) is 20.3 Å². The van der Waals surface area contributed by atoms with Crippen molar-refractivity contribution in [3.8, 4) is 0 Å². The van der Waals surface area contributed by atoms with Crippen molar-refractivity contribution in [2.75, 3.05) is 45.3 Å². The molecule has 1 aliphatic heterocycles. The predicted octanol–water partition coefficient (Wildman–Crippen LogP) is 0.143. The van der Waals surface area contributed by atoms with Gasteiger partial charge in [-0.05, 0) is 19.9 Å². The number of piperidine rings is 1. The number of rotatable bonds is 6. The number of carbonyl (C=O) groups is 1. The fraction of sp³-hybridized carbons (Fsp3) is 0.643. The number of hydroxylamine groups is 1. The molecule has 2 rings (SSSR count). The molecule has 1 aliphatic rings. The number of likely N-dealkylation sites (N-methyl/N-ethyl adjacent to an activating group) is 1. The predicted molar refractivity (Wildman–Crippen MR) is 81.0 cm³/mol. The Morgan fingerprint density at radius 2 is 2.09 bits per heavy atom. The maximum Gasteiger partial charge on any atom is 0.277 e. The minimum atomic E-state index is -0.606. The summed E-state index contributed by atoms with van der Waals surface area (Å²) in [6, 6.07) is 0.547. The SMILES string of the molecule is COCCN(C)C1CCN(c2ncc(C(=O)NO)cn2)CC1. The zero-order chi connectivity index (χ0) is 15.9. The maximum atomic E-state index is 11.2. The number of carbonyl (C=O) groups excluding carboxylic acids is 1. The van der Waals surface area contributed by atoms with Crippen molar-refractivity contribution in [2.45, 2.75) is 18.9 Å². The van der Waals surface area contributed by atoms with Gasteiger partial charge in [0.15, 0.2) is 0 Å². The number of hydrogen-bond donors (Lipinski definition) is 2. The number of nitrogens with one attached hydrogen (secondary N) is 1. The standard InChI is InChI=1S/C14H23N5O3/c1-18(7-8-22-2)12-3-5-19(6-4-12)14-15-9-11(10-16-14)13(20)17-21/h9-10,12,21H,3-8H2,1-2H3,(H,17,20). The lowest BCUT2D eigenvalue weighted by Crippen LogP contribution is -2.44. The molecule has 1 aromatic heterocycles. The van der Waals surface area contributed by atoms with E-state index in [0.717, 1.165) is 39.1 Å². The van der Waals surface area contributed by atoms with Crippen LogP contribution in [0.5, 0.6) is 0 Å². The first-order chi connectivity index (χ1) is 10.7. The fourth-order valence-corrected chi connectivity index (χ4v) is 2.59. The number of nitrogens with zero attached hydrogens (tertiary/aromatic N) is 4. The average Bonchev–Trinajstić information content (AvgIpc) is 2.59. The number of methoxy groups -OCH3 is 1. The molecule has 8 nitrogen and oxygen atoms in total. The molecule has 1 saturated heterocycles. The molecule has 22 heavy (non-hydrogen) atoms. The van der Waals surface area contributed by atoms with E-state index in [1.165, 1.54) is 12.4 Å². The van der Waals surface area contributed by atoms with E-state index in [1.807, 2.05) is 0 Å². The highest BCUT2D eigenvalue weighted by molar-refractivity contribution is 5.92. The average molecular weight is 309 g/mol. The smallest absolute Gasteiger partial charge is 0.277 e. The van der Waals surface area contributed by atoms with Crippen LogP contribution in [0.1, 0.15) is 23.2 Å². The van der Waals surface area contributed by atoms with E-state index in [4.69, 9.17) is 9.94 Å². The van der Waals surface area contributed by atoms with Gasteiger partial charge in [-0.15, -0.1) is 0 Å². The molecule has 0 saturated carbocycles. The van der Waals surface area contributed by atoms with Gasteiger partial charge in [0.25, 0.3) is 5.91 Å². The van der Waals surface area contributed by atoms with Gasteiger partial charge in [0, 0.05) is 45.2 Å². The molecule has 8 heteroatoms. The summed E-state index contributed by atoms with van der Waals surface area (Å²) in [5.74, 6) is 0.0116. The molecule has 122 valence electrons. The second-order valence-corrected chi connectivity index (χ2v) is 5.40. The van der Waals surface area contributed by atoms with E-state index >= 15 is 0 Å². The fourth-order valence-electron chi connectivity index (χ4n) is 2.59. The third kappa shape index (κ3) is 4.12. The lowest BCUT2D eigenvalue weighted by molar-refractivity contribution is 0.0705. The van der Waals surface area contributed by atoms with Crippen LogP contribution in [0, 0.1) is 0 Å². The van der Waals surface area contributed by atoms with Crippen LogP contribution in [0.2, 0.25) is 0 Å². The molecule has 0 aliphatic carbocycles. The van der Waals surface area contributed by atoms with Crippen molar-refractivity contribution >= 4 is 11.9 Å². The molecule has 1 amide bonds. The molecule has 1 aromatic rings. The van der Waals surface area contributed by atoms with Crippen molar-refractivity contribution < 1.29 is 14.7 Å². The first kappa shape index (κ1) is 16.6. The number of ether oxygens (including phenoxy) is 1. The van der Waals surface area contributed by atoms with Crippen molar-refractivity contribution in [1.29, 1.82) is 0 Å². The van der Waals surface area contributed by atoms with Crippen LogP contribution in [0.4, 0.5) is 5.95 Å². The number of aromatic nitrogens is 2. The Kier molecular flexibility index (Phi) is 6.05. The maximum absolute atomic E-state index is 11.2. The molecule has 0 spiro atoms. The van der Waals surface area contributed by atoms with Gasteiger partial charge in [-0.25, -0.2) is 15.4 Å². The zero-order valence-corrected chi connectivity index (χ0v) is 13.0. The molecule has 1 fully saturated rings. The van der Waals surface area contributed by atoms with E-state index in [1.54, 1.807) is 12.6 Å². The molecular weight excluding hydrogens is 286 g/mol. The van der Waals surface area contributed by atoms with Gasteiger partial charge in [0.05, 0.1) is 12.2 Å². The summed E-state index contributed by atoms with van der Waals surface area (Å²) in [5.41, 5.74) is 1.80. The molecule has 0 radical (unpaired) electrons. The topological polar surface area (TPSA) is 90.8 Å². The minimum Gasteiger partial charge on any atom is -0.383 e. The molecular formula is C14H23N5O3. The summed E-state index contributed by atoms with van der Waals surface area (Å²) < 4.78 is 5.11. The quantitative estimate of drug-likeness (QED) is 0.570. The van der Waals surface area contributed by atoms with Gasteiger partial charge in [-0.2, -0.15) is 0 Å². The largest absolute Gasteiger partial charge is 0.383 e. The second-order valence-electron chi connectivity index (χ2n) is 5.40. The number of hydrogen-bond acceptors (Lipinski definition) is 7. The van der Waals surface area contributed by atoms with Crippen LogP contribution >= 0.6 is 0 Å². The summed E-state index contributed by atoms with van der Waals surface area (Å²) in [5, 5.41) is 8.57. The van der Waals surface area contributed by atoms with Gasteiger partial charge in [0.2, 0.25) is 5.95 Å². The summed E-state index contributed by atoms with van der Waals surface area (Å²) in [6.45, 7) is 3.44. The van der Waals surface area contributed by atoms with Gasteiger partial charge in [0.1, 0.15) is 0 Å². The van der Waals surface area contributed by atoms with E-state index in [9.17, 15) is 4.79 Å². The third-order valence-electron chi connectivity index (χ3n) is 4.02. The van der Waals surface area contributed by atoms with Crippen LogP contribution in [0.25, 0.3) is 0 Å². The van der Waals surface area contributed by atoms with Gasteiger partial charge < -0.3 is 14.5 Å². The van der Waals surface area contributed by atoms with Crippen LogP contribution in [-0.4, -0.2) is 72.4 Å². The Hall–Kier alpha value is -1.77. The van der Waals surface area contributed by atoms with Crippen LogP contribution in [0.15, 0.2) is 12.4 Å². The molecule has 0 bridgehead atoms. The first-order valence-corrected chi connectivity index (χ1v) is 7.36. The van der Waals surface area contributed by atoms with Gasteiger partial charge in [-0.1, -0.05) is 0 Å². The second kappa shape index (κ2) is 8.02. The highest BCUT2D eigenvalue weighted by Gasteiger charge is 2.23. The Bertz CT molecular complexity index is 474. The van der Waals surface area contributed by atoms with Crippen molar-refractivity contribution in [3.63, 3.8) is 0 Å². The normalized spacial score (nSPS) is 16.1. The van der Waals surface area contributed by atoms with E-state index in [-0.39, 0.29) is 5.56 Å². The Balaban J connectivity index is 1.87. The van der Waals surface area contributed by atoms with Crippen LogP contribution in [-0.2, 0) is 4.74 Å². The van der Waals surface area contributed by atoms with Crippen LogP contribution < -0.4 is 10.4 Å². The first-order valence-electron chi connectivity index (χ1n) is 7.36. The molecule has 0 aromatic carbocycles. The van der Waals surface area contributed by atoms with Crippen molar-refractivity contribution in [2.24, 2.45) is 0 Å². The Morgan fingerprint density at radius 1 is 1.45 bits per heavy atom. The molecule has 2 heterocycles. The van der Waals surface area contributed by atoms with Gasteiger partial charge >= 0.3 is 0 Å². The summed E-state index contributed by atoms with van der Waals surface area (Å²) in [7, 11) is 3.84. The van der Waals surface area contributed by atoms with Gasteiger partial charge in [-0.3, -0.25) is 10.0 Å². The highest BCUT2D eigenvalue weighted by Crippen LogP contribution is 2.18. The number of amides is 1. The Labute approximate surface area is 130 Å². The van der Waals surface area contributed by atoms with Crippen LogP contribution in [0.3, 0.4) is 0 Å². The molecule has 0 atom stereocenters. The molecule has 2 N–H and O–H groups in total. The number of anilines is 1. The minimum absolute atomic E-state index is 0.237. The zero-order valence-electron chi connectivity index (χ0n) is 13.0. The monoisotopic (exact) mass is 309 g/mol. The van der Waals surface area contributed by atoms with E-state index in [0.29, 0.717) is 12.0 Å². The van der Waals surface area contributed by atoms with E-state index in [2.05, 4.69) is 26.8 Å². The third-order valence-corrected chi connectivity index (χ3v) is 4.02. The Morgan fingerprint density at radius 3 is 2.64 bits per heavy atom. The summed E-state index contributed by atoms with van der Waals surface area (Å²) >= 11 is 0. The summed E-state index contributed by atoms with van der Waals surface area (Å²) in [6.07, 6.45) is 4.93. The highest BCUT2D eigenvalue weighted by atomic mass is 16.5. The lowest BCUT2D eigenvalue weighted by atomic mass is 10.0. The van der Waals surface area contributed by atoms with Crippen molar-refractivity contribution in [3.05, 3.63) is 18.0 Å². The summed E-state index contributed by atoms with van der Waals surface area (Å²) in [4.78, 5) is 24.1. The lowest BCUT2D eigenvalue weighted by Gasteiger charge is -2.36.